The Kier molecular flexibility index (Phi) is 4.52. The average molecular weight is 281 g/mol. The van der Waals surface area contributed by atoms with E-state index in [2.05, 4.69) is 16.4 Å². The van der Waals surface area contributed by atoms with Crippen LogP contribution in [0, 0.1) is 18.3 Å². The molecule has 5 nitrogen and oxygen atoms in total. The van der Waals surface area contributed by atoms with E-state index in [9.17, 15) is 4.79 Å². The summed E-state index contributed by atoms with van der Waals surface area (Å²) in [5.74, 6) is -0.301. The van der Waals surface area contributed by atoms with Crippen LogP contribution in [0.1, 0.15) is 27.2 Å². The van der Waals surface area contributed by atoms with Crippen molar-refractivity contribution in [3.05, 3.63) is 58.8 Å². The highest BCUT2D eigenvalue weighted by Gasteiger charge is 2.08. The number of benzene rings is 1. The number of aromatic nitrogens is 1. The van der Waals surface area contributed by atoms with E-state index in [0.717, 1.165) is 11.3 Å². The van der Waals surface area contributed by atoms with Gasteiger partial charge in [0.2, 0.25) is 0 Å². The van der Waals surface area contributed by atoms with E-state index >= 15 is 0 Å². The van der Waals surface area contributed by atoms with Gasteiger partial charge in [0.25, 0.3) is 0 Å². The quantitative estimate of drug-likeness (QED) is 0.879. The lowest BCUT2D eigenvalue weighted by atomic mass is 10.0. The highest BCUT2D eigenvalue weighted by molar-refractivity contribution is 5.89. The molecule has 2 rings (SSSR count). The van der Waals surface area contributed by atoms with Gasteiger partial charge < -0.3 is 10.4 Å². The highest BCUT2D eigenvalue weighted by atomic mass is 16.4. The Morgan fingerprint density at radius 1 is 1.38 bits per heavy atom. The zero-order chi connectivity index (χ0) is 15.2. The molecule has 21 heavy (non-hydrogen) atoms. The molecule has 0 aliphatic rings. The van der Waals surface area contributed by atoms with Gasteiger partial charge in [0, 0.05) is 12.2 Å². The molecular formula is C16H15N3O2. The topological polar surface area (TPSA) is 86.0 Å². The first kappa shape index (κ1) is 14.5. The third-order valence-corrected chi connectivity index (χ3v) is 3.03. The Morgan fingerprint density at radius 3 is 2.86 bits per heavy atom. The molecule has 106 valence electrons. The van der Waals surface area contributed by atoms with Gasteiger partial charge in [-0.2, -0.15) is 5.26 Å². The Hall–Kier alpha value is -2.87. The second-order valence-corrected chi connectivity index (χ2v) is 4.63. The minimum atomic E-state index is -0.925. The first-order valence-electron chi connectivity index (χ1n) is 6.54. The van der Waals surface area contributed by atoms with Gasteiger partial charge in [-0.1, -0.05) is 18.2 Å². The molecule has 5 heteroatoms. The maximum absolute atomic E-state index is 11.1. The molecule has 1 aromatic heterocycles. The predicted octanol–water partition coefficient (Wildman–Crippen LogP) is 2.61. The van der Waals surface area contributed by atoms with E-state index in [4.69, 9.17) is 10.4 Å². The zero-order valence-corrected chi connectivity index (χ0v) is 11.6. The summed E-state index contributed by atoms with van der Waals surface area (Å²) >= 11 is 0. The molecule has 0 fully saturated rings. The number of nitrogens with one attached hydrogen (secondary N) is 1. The molecule has 0 saturated heterocycles. The SMILES string of the molecule is Cc1cc(C#N)cc(NCCc2ccccc2C(=O)O)n1. The summed E-state index contributed by atoms with van der Waals surface area (Å²) < 4.78 is 0. The monoisotopic (exact) mass is 281 g/mol. The van der Waals surface area contributed by atoms with Crippen LogP contribution in [0.4, 0.5) is 5.82 Å². The van der Waals surface area contributed by atoms with Crippen LogP contribution in [0.2, 0.25) is 0 Å². The molecule has 0 atom stereocenters. The van der Waals surface area contributed by atoms with E-state index < -0.39 is 5.97 Å². The summed E-state index contributed by atoms with van der Waals surface area (Å²) in [6.45, 7) is 2.37. The van der Waals surface area contributed by atoms with Gasteiger partial charge in [0.05, 0.1) is 17.2 Å². The molecule has 0 radical (unpaired) electrons. The minimum Gasteiger partial charge on any atom is -0.478 e. The van der Waals surface area contributed by atoms with Crippen LogP contribution in [0.25, 0.3) is 0 Å². The number of aryl methyl sites for hydroxylation is 1. The lowest BCUT2D eigenvalue weighted by Gasteiger charge is -2.09. The molecule has 0 bridgehead atoms. The van der Waals surface area contributed by atoms with E-state index in [1.807, 2.05) is 13.0 Å². The van der Waals surface area contributed by atoms with Crippen LogP contribution >= 0.6 is 0 Å². The first-order valence-corrected chi connectivity index (χ1v) is 6.54. The van der Waals surface area contributed by atoms with Crippen LogP contribution in [0.3, 0.4) is 0 Å². The van der Waals surface area contributed by atoms with Crippen molar-refractivity contribution in [1.82, 2.24) is 4.98 Å². The summed E-state index contributed by atoms with van der Waals surface area (Å²) in [5.41, 5.74) is 2.40. The van der Waals surface area contributed by atoms with Gasteiger partial charge >= 0.3 is 5.97 Å². The van der Waals surface area contributed by atoms with Gasteiger partial charge in [0.1, 0.15) is 5.82 Å². The number of nitrogens with zero attached hydrogens (tertiary/aromatic N) is 2. The van der Waals surface area contributed by atoms with Crippen LogP contribution < -0.4 is 5.32 Å². The fourth-order valence-corrected chi connectivity index (χ4v) is 2.10. The Balaban J connectivity index is 2.04. The fourth-order valence-electron chi connectivity index (χ4n) is 2.10. The molecule has 0 spiro atoms. The number of carboxylic acids is 1. The average Bonchev–Trinajstić information content (AvgIpc) is 2.47. The lowest BCUT2D eigenvalue weighted by molar-refractivity contribution is 0.0695. The number of pyridine rings is 1. The number of hydrogen-bond donors (Lipinski definition) is 2. The summed E-state index contributed by atoms with van der Waals surface area (Å²) in [6.07, 6.45) is 0.569. The maximum Gasteiger partial charge on any atom is 0.335 e. The van der Waals surface area contributed by atoms with Gasteiger partial charge in [-0.15, -0.1) is 0 Å². The van der Waals surface area contributed by atoms with Crippen molar-refractivity contribution in [2.24, 2.45) is 0 Å². The number of carboxylic acid groups (broad SMARTS) is 1. The molecule has 0 amide bonds. The van der Waals surface area contributed by atoms with E-state index in [-0.39, 0.29) is 0 Å². The van der Waals surface area contributed by atoms with E-state index in [0.29, 0.717) is 29.9 Å². The molecule has 1 heterocycles. The minimum absolute atomic E-state index is 0.314. The van der Waals surface area contributed by atoms with Crippen molar-refractivity contribution >= 4 is 11.8 Å². The highest BCUT2D eigenvalue weighted by Crippen LogP contribution is 2.12. The number of anilines is 1. The largest absolute Gasteiger partial charge is 0.478 e. The number of hydrogen-bond acceptors (Lipinski definition) is 4. The van der Waals surface area contributed by atoms with Crippen molar-refractivity contribution < 1.29 is 9.90 Å². The lowest BCUT2D eigenvalue weighted by Crippen LogP contribution is -2.10. The molecule has 2 N–H and O–H groups in total. The van der Waals surface area contributed by atoms with Crippen molar-refractivity contribution in [3.8, 4) is 6.07 Å². The van der Waals surface area contributed by atoms with Crippen LogP contribution in [0.5, 0.6) is 0 Å². The zero-order valence-electron chi connectivity index (χ0n) is 11.6. The Bertz CT molecular complexity index is 705. The molecular weight excluding hydrogens is 266 g/mol. The van der Waals surface area contributed by atoms with Gasteiger partial charge in [-0.3, -0.25) is 0 Å². The standard InChI is InChI=1S/C16H15N3O2/c1-11-8-12(10-17)9-15(19-11)18-7-6-13-4-2-3-5-14(13)16(20)21/h2-5,8-9H,6-7H2,1H3,(H,18,19)(H,20,21). The van der Waals surface area contributed by atoms with Crippen LogP contribution in [-0.4, -0.2) is 22.6 Å². The molecule has 0 aliphatic heterocycles. The van der Waals surface area contributed by atoms with Gasteiger partial charge in [0.15, 0.2) is 0 Å². The van der Waals surface area contributed by atoms with Crippen molar-refractivity contribution in [2.45, 2.75) is 13.3 Å². The predicted molar refractivity (Wildman–Crippen MR) is 79.3 cm³/mol. The first-order chi connectivity index (χ1) is 10.1. The maximum atomic E-state index is 11.1. The Labute approximate surface area is 122 Å². The second-order valence-electron chi connectivity index (χ2n) is 4.63. The van der Waals surface area contributed by atoms with Gasteiger partial charge in [-0.05, 0) is 37.1 Å². The van der Waals surface area contributed by atoms with Gasteiger partial charge in [-0.25, -0.2) is 9.78 Å². The molecule has 0 saturated carbocycles. The Morgan fingerprint density at radius 2 is 2.14 bits per heavy atom. The van der Waals surface area contributed by atoms with Crippen molar-refractivity contribution in [1.29, 1.82) is 5.26 Å². The summed E-state index contributed by atoms with van der Waals surface area (Å²) in [4.78, 5) is 15.4. The summed E-state index contributed by atoms with van der Waals surface area (Å²) in [5, 5.41) is 21.2. The molecule has 1 aromatic carbocycles. The van der Waals surface area contributed by atoms with Crippen molar-refractivity contribution in [3.63, 3.8) is 0 Å². The number of carbonyl (C=O) groups is 1. The molecule has 2 aromatic rings. The number of nitriles is 1. The summed E-state index contributed by atoms with van der Waals surface area (Å²) in [6, 6.07) is 12.4. The molecule has 0 aliphatic carbocycles. The van der Waals surface area contributed by atoms with Crippen LogP contribution in [-0.2, 0) is 6.42 Å². The fraction of sp³-hybridized carbons (Fsp3) is 0.188. The smallest absolute Gasteiger partial charge is 0.335 e. The normalized spacial score (nSPS) is 9.90. The number of rotatable bonds is 5. The summed E-state index contributed by atoms with van der Waals surface area (Å²) in [7, 11) is 0. The van der Waals surface area contributed by atoms with E-state index in [1.54, 1.807) is 30.3 Å². The van der Waals surface area contributed by atoms with Crippen LogP contribution in [0.15, 0.2) is 36.4 Å². The second kappa shape index (κ2) is 6.53. The van der Waals surface area contributed by atoms with E-state index in [1.165, 1.54) is 0 Å². The molecule has 0 unspecified atom stereocenters. The number of aromatic carboxylic acids is 1. The third kappa shape index (κ3) is 3.80. The van der Waals surface area contributed by atoms with Crippen molar-refractivity contribution in [2.75, 3.05) is 11.9 Å². The third-order valence-electron chi connectivity index (χ3n) is 3.03.